The van der Waals surface area contributed by atoms with Gasteiger partial charge in [0.05, 0.1) is 12.2 Å². The molecule has 2 aliphatic rings. The lowest BCUT2D eigenvalue weighted by Crippen LogP contribution is -2.40. The number of H-pyrrole nitrogens is 2. The summed E-state index contributed by atoms with van der Waals surface area (Å²) in [5, 5.41) is 19.5. The molecule has 0 unspecified atom stereocenters. The first-order chi connectivity index (χ1) is 13.6. The number of fused-ring (bicyclic) bond motifs is 1. The molecule has 28 heavy (non-hydrogen) atoms. The van der Waals surface area contributed by atoms with Gasteiger partial charge in [0.25, 0.3) is 5.91 Å². The smallest absolute Gasteiger partial charge is 0.272 e. The Morgan fingerprint density at radius 2 is 2.18 bits per heavy atom. The van der Waals surface area contributed by atoms with Crippen LogP contribution in [0.25, 0.3) is 0 Å². The highest BCUT2D eigenvalue weighted by Crippen LogP contribution is 2.22. The van der Waals surface area contributed by atoms with Gasteiger partial charge in [0.15, 0.2) is 5.69 Å². The van der Waals surface area contributed by atoms with E-state index in [0.717, 1.165) is 17.0 Å². The molecule has 0 saturated carbocycles. The second kappa shape index (κ2) is 7.83. The molecule has 0 spiro atoms. The summed E-state index contributed by atoms with van der Waals surface area (Å²) < 4.78 is 0. The molecule has 1 atom stereocenters. The van der Waals surface area contributed by atoms with Crippen molar-refractivity contribution in [1.29, 1.82) is 0 Å². The van der Waals surface area contributed by atoms with Crippen molar-refractivity contribution < 1.29 is 14.4 Å². The average Bonchev–Trinajstić information content (AvgIpc) is 3.42. The molecule has 4 heterocycles. The third-order valence-electron chi connectivity index (χ3n) is 5.25. The molecule has 10 nitrogen and oxygen atoms in total. The second-order valence-electron chi connectivity index (χ2n) is 7.19. The van der Waals surface area contributed by atoms with Gasteiger partial charge < -0.3 is 15.5 Å². The molecule has 2 aliphatic heterocycles. The summed E-state index contributed by atoms with van der Waals surface area (Å²) >= 11 is 0. The molecule has 0 aliphatic carbocycles. The third kappa shape index (κ3) is 3.90. The van der Waals surface area contributed by atoms with Gasteiger partial charge in [-0.15, -0.1) is 0 Å². The monoisotopic (exact) mass is 385 g/mol. The summed E-state index contributed by atoms with van der Waals surface area (Å²) in [5.74, 6) is -0.195. The molecule has 0 aromatic carbocycles. The number of aromatic nitrogens is 4. The zero-order valence-corrected chi connectivity index (χ0v) is 15.5. The van der Waals surface area contributed by atoms with Gasteiger partial charge in [-0.05, 0) is 18.9 Å². The highest BCUT2D eigenvalue weighted by atomic mass is 16.2. The first-order valence-electron chi connectivity index (χ1n) is 9.50. The Morgan fingerprint density at radius 1 is 1.29 bits per heavy atom. The van der Waals surface area contributed by atoms with Crippen molar-refractivity contribution in [3.8, 4) is 0 Å². The van der Waals surface area contributed by atoms with Crippen molar-refractivity contribution in [2.75, 3.05) is 13.1 Å². The molecule has 1 saturated heterocycles. The van der Waals surface area contributed by atoms with E-state index in [1.165, 1.54) is 0 Å². The number of amides is 3. The lowest BCUT2D eigenvalue weighted by atomic mass is 10.0. The van der Waals surface area contributed by atoms with Crippen LogP contribution in [0.2, 0.25) is 0 Å². The maximum atomic E-state index is 12.5. The minimum atomic E-state index is -0.217. The molecule has 0 bridgehead atoms. The van der Waals surface area contributed by atoms with Crippen LogP contribution in [0.1, 0.15) is 46.7 Å². The van der Waals surface area contributed by atoms with E-state index >= 15 is 0 Å². The van der Waals surface area contributed by atoms with Crippen LogP contribution in [-0.2, 0) is 29.0 Å². The van der Waals surface area contributed by atoms with Gasteiger partial charge in [0, 0.05) is 55.8 Å². The summed E-state index contributed by atoms with van der Waals surface area (Å²) in [6, 6.07) is 1.80. The van der Waals surface area contributed by atoms with Gasteiger partial charge >= 0.3 is 0 Å². The van der Waals surface area contributed by atoms with Crippen molar-refractivity contribution in [3.63, 3.8) is 0 Å². The Kier molecular flexibility index (Phi) is 5.09. The lowest BCUT2D eigenvalue weighted by molar-refractivity contribution is -0.132. The van der Waals surface area contributed by atoms with Crippen molar-refractivity contribution in [3.05, 3.63) is 34.9 Å². The Labute approximate surface area is 161 Å². The average molecular weight is 385 g/mol. The summed E-state index contributed by atoms with van der Waals surface area (Å²) in [6.07, 6.45) is 4.43. The highest BCUT2D eigenvalue weighted by molar-refractivity contribution is 5.94. The van der Waals surface area contributed by atoms with Crippen molar-refractivity contribution in [2.45, 2.75) is 44.7 Å². The maximum absolute atomic E-state index is 12.5. The first-order valence-corrected chi connectivity index (χ1v) is 9.50. The molecule has 148 valence electrons. The van der Waals surface area contributed by atoms with Crippen molar-refractivity contribution in [2.24, 2.45) is 0 Å². The van der Waals surface area contributed by atoms with Gasteiger partial charge in [-0.3, -0.25) is 24.6 Å². The Hall–Kier alpha value is -3.17. The van der Waals surface area contributed by atoms with Crippen molar-refractivity contribution in [1.82, 2.24) is 35.9 Å². The van der Waals surface area contributed by atoms with Crippen LogP contribution in [0.4, 0.5) is 0 Å². The molecule has 0 radical (unpaired) electrons. The maximum Gasteiger partial charge on any atom is 0.272 e. The molecule has 4 rings (SSSR count). The number of carbonyl (C=O) groups excluding carboxylic acids is 3. The van der Waals surface area contributed by atoms with Crippen LogP contribution in [0.15, 0.2) is 12.3 Å². The van der Waals surface area contributed by atoms with Crippen LogP contribution in [0.5, 0.6) is 0 Å². The van der Waals surface area contributed by atoms with Gasteiger partial charge in [-0.1, -0.05) is 0 Å². The molecule has 2 aromatic heterocycles. The SMILES string of the molecule is O=C1CC[C@@H](CC(=O)N2CCc3c(C(=O)NCCc4ccn[nH]4)n[nH]c3C2)N1. The zero-order chi connectivity index (χ0) is 19.5. The van der Waals surface area contributed by atoms with Crippen LogP contribution >= 0.6 is 0 Å². The first kappa shape index (κ1) is 18.2. The van der Waals surface area contributed by atoms with Crippen LogP contribution in [0.3, 0.4) is 0 Å². The second-order valence-corrected chi connectivity index (χ2v) is 7.19. The summed E-state index contributed by atoms with van der Waals surface area (Å²) in [6.45, 7) is 1.43. The van der Waals surface area contributed by atoms with Crippen LogP contribution < -0.4 is 10.6 Å². The van der Waals surface area contributed by atoms with E-state index in [1.54, 1.807) is 11.1 Å². The fourth-order valence-corrected chi connectivity index (χ4v) is 3.71. The number of hydrogen-bond donors (Lipinski definition) is 4. The number of nitrogens with one attached hydrogen (secondary N) is 4. The van der Waals surface area contributed by atoms with Crippen LogP contribution in [0, 0.1) is 0 Å². The Bertz CT molecular complexity index is 874. The third-order valence-corrected chi connectivity index (χ3v) is 5.25. The molecule has 3 amide bonds. The van der Waals surface area contributed by atoms with Gasteiger partial charge in [-0.2, -0.15) is 10.2 Å². The van der Waals surface area contributed by atoms with E-state index in [2.05, 4.69) is 31.0 Å². The number of nitrogens with zero attached hydrogens (tertiary/aromatic N) is 3. The summed E-state index contributed by atoms with van der Waals surface area (Å²) in [7, 11) is 0. The Morgan fingerprint density at radius 3 is 2.93 bits per heavy atom. The fourth-order valence-electron chi connectivity index (χ4n) is 3.71. The number of rotatable bonds is 6. The van der Waals surface area contributed by atoms with E-state index in [1.807, 2.05) is 6.07 Å². The van der Waals surface area contributed by atoms with E-state index in [0.29, 0.717) is 57.4 Å². The van der Waals surface area contributed by atoms with E-state index < -0.39 is 0 Å². The molecular weight excluding hydrogens is 362 g/mol. The predicted octanol–water partition coefficient (Wildman–Crippen LogP) is -0.341. The molecular formula is C18H23N7O3. The highest BCUT2D eigenvalue weighted by Gasteiger charge is 2.30. The van der Waals surface area contributed by atoms with Gasteiger partial charge in [0.2, 0.25) is 11.8 Å². The fraction of sp³-hybridized carbons (Fsp3) is 0.500. The van der Waals surface area contributed by atoms with Gasteiger partial charge in [0.1, 0.15) is 0 Å². The lowest BCUT2D eigenvalue weighted by Gasteiger charge is -2.27. The Balaban J connectivity index is 1.31. The quantitative estimate of drug-likeness (QED) is 0.539. The predicted molar refractivity (Wildman–Crippen MR) is 98.1 cm³/mol. The molecule has 10 heteroatoms. The van der Waals surface area contributed by atoms with E-state index in [9.17, 15) is 14.4 Å². The number of hydrogen-bond acceptors (Lipinski definition) is 5. The zero-order valence-electron chi connectivity index (χ0n) is 15.5. The van der Waals surface area contributed by atoms with Crippen molar-refractivity contribution >= 4 is 17.7 Å². The van der Waals surface area contributed by atoms with E-state index in [-0.39, 0.29) is 23.8 Å². The number of carbonyl (C=O) groups is 3. The largest absolute Gasteiger partial charge is 0.353 e. The minimum Gasteiger partial charge on any atom is -0.353 e. The topological polar surface area (TPSA) is 136 Å². The minimum absolute atomic E-state index is 0.00971. The van der Waals surface area contributed by atoms with E-state index in [4.69, 9.17) is 0 Å². The number of aromatic amines is 2. The summed E-state index contributed by atoms with van der Waals surface area (Å²) in [5.41, 5.74) is 3.03. The molecule has 4 N–H and O–H groups in total. The summed E-state index contributed by atoms with van der Waals surface area (Å²) in [4.78, 5) is 38.0. The standard InChI is InChI=1S/C18H23N7O3/c26-15-2-1-12(21-15)9-16(27)25-8-5-13-14(10-25)23-24-17(13)18(28)19-6-3-11-4-7-20-22-11/h4,7,12H,1-3,5-6,8-10H2,(H,19,28)(H,20,22)(H,21,26)(H,23,24)/t12-/m0/s1. The van der Waals surface area contributed by atoms with Gasteiger partial charge in [-0.25, -0.2) is 0 Å². The molecule has 2 aromatic rings. The molecule has 1 fully saturated rings. The normalized spacial score (nSPS) is 18.6. The van der Waals surface area contributed by atoms with Crippen LogP contribution in [-0.4, -0.2) is 62.1 Å².